The second kappa shape index (κ2) is 4.54. The maximum atomic E-state index is 10.9. The van der Waals surface area contributed by atoms with E-state index in [4.69, 9.17) is 5.84 Å². The summed E-state index contributed by atoms with van der Waals surface area (Å²) < 4.78 is 0. The molecule has 0 radical (unpaired) electrons. The van der Waals surface area contributed by atoms with Gasteiger partial charge in [0, 0.05) is 6.54 Å². The number of nitrogens with one attached hydrogen (secondary N) is 2. The maximum Gasteiger partial charge on any atom is 0.238 e. The van der Waals surface area contributed by atoms with Crippen LogP contribution in [0, 0.1) is 11.8 Å². The van der Waals surface area contributed by atoms with Crippen molar-refractivity contribution in [3.05, 3.63) is 0 Å². The minimum absolute atomic E-state index is 0. The van der Waals surface area contributed by atoms with E-state index >= 15 is 0 Å². The summed E-state index contributed by atoms with van der Waals surface area (Å²) in [6, 6.07) is 0. The Morgan fingerprint density at radius 3 is 2.64 bits per heavy atom. The summed E-state index contributed by atoms with van der Waals surface area (Å²) in [5, 5.41) is 3.12. The predicted octanol–water partition coefficient (Wildman–Crippen LogP) is -0.746. The van der Waals surface area contributed by atoms with Crippen molar-refractivity contribution >= 4 is 18.3 Å². The molecule has 0 aromatic heterocycles. The summed E-state index contributed by atoms with van der Waals surface area (Å²) in [6.07, 6.45) is 0. The number of carbonyl (C=O) groups is 1. The smallest absolute Gasteiger partial charge is 0.238 e. The first-order valence-corrected chi connectivity index (χ1v) is 3.47. The van der Waals surface area contributed by atoms with Crippen LogP contribution in [0.4, 0.5) is 0 Å². The van der Waals surface area contributed by atoms with Crippen LogP contribution >= 0.6 is 12.4 Å². The van der Waals surface area contributed by atoms with Crippen molar-refractivity contribution in [2.24, 2.45) is 17.7 Å². The molecule has 0 spiro atoms. The Bertz CT molecular complexity index is 142. The van der Waals surface area contributed by atoms with E-state index in [1.54, 1.807) is 0 Å². The normalized spacial score (nSPS) is 29.3. The van der Waals surface area contributed by atoms with Gasteiger partial charge >= 0.3 is 0 Å². The second-order valence-corrected chi connectivity index (χ2v) is 2.75. The molecule has 0 saturated carbocycles. The standard InChI is InChI=1S/C6H13N3O.ClH/c1-4-2-8-3-5(4)6(10)9-7;/h4-5,8H,2-3,7H2,1H3,(H,9,10);1H/t4-,5-;/m1./s1. The summed E-state index contributed by atoms with van der Waals surface area (Å²) in [7, 11) is 0. The quantitative estimate of drug-likeness (QED) is 0.282. The molecule has 0 bridgehead atoms. The monoisotopic (exact) mass is 179 g/mol. The van der Waals surface area contributed by atoms with Crippen LogP contribution in [0.15, 0.2) is 0 Å². The van der Waals surface area contributed by atoms with E-state index in [0.29, 0.717) is 5.92 Å². The van der Waals surface area contributed by atoms with E-state index in [0.717, 1.165) is 13.1 Å². The van der Waals surface area contributed by atoms with Crippen molar-refractivity contribution in [1.29, 1.82) is 0 Å². The maximum absolute atomic E-state index is 10.9. The van der Waals surface area contributed by atoms with Gasteiger partial charge in [0.05, 0.1) is 5.92 Å². The molecule has 11 heavy (non-hydrogen) atoms. The molecule has 1 aliphatic rings. The molecule has 1 fully saturated rings. The largest absolute Gasteiger partial charge is 0.316 e. The first-order valence-electron chi connectivity index (χ1n) is 3.47. The first kappa shape index (κ1) is 10.7. The van der Waals surface area contributed by atoms with Crippen molar-refractivity contribution in [3.8, 4) is 0 Å². The highest BCUT2D eigenvalue weighted by Crippen LogP contribution is 2.14. The van der Waals surface area contributed by atoms with Gasteiger partial charge in [-0.15, -0.1) is 12.4 Å². The molecule has 1 amide bonds. The molecule has 2 atom stereocenters. The van der Waals surface area contributed by atoms with Crippen LogP contribution in [0.25, 0.3) is 0 Å². The predicted molar refractivity (Wildman–Crippen MR) is 45.1 cm³/mol. The van der Waals surface area contributed by atoms with E-state index in [2.05, 4.69) is 10.7 Å². The highest BCUT2D eigenvalue weighted by atomic mass is 35.5. The van der Waals surface area contributed by atoms with E-state index in [9.17, 15) is 4.79 Å². The molecule has 0 aromatic carbocycles. The molecule has 1 rings (SSSR count). The van der Waals surface area contributed by atoms with Gasteiger partial charge in [-0.05, 0) is 12.5 Å². The Labute approximate surface area is 72.3 Å². The Balaban J connectivity index is 0.000001000. The molecule has 1 aliphatic heterocycles. The highest BCUT2D eigenvalue weighted by molar-refractivity contribution is 5.85. The highest BCUT2D eigenvalue weighted by Gasteiger charge is 2.28. The number of carbonyl (C=O) groups excluding carboxylic acids is 1. The van der Waals surface area contributed by atoms with Crippen LogP contribution < -0.4 is 16.6 Å². The van der Waals surface area contributed by atoms with Gasteiger partial charge in [0.25, 0.3) is 0 Å². The van der Waals surface area contributed by atoms with Gasteiger partial charge in [-0.3, -0.25) is 10.2 Å². The van der Waals surface area contributed by atoms with Gasteiger partial charge in [-0.2, -0.15) is 0 Å². The van der Waals surface area contributed by atoms with Crippen LogP contribution in [-0.2, 0) is 4.79 Å². The van der Waals surface area contributed by atoms with Crippen LogP contribution in [0.2, 0.25) is 0 Å². The average molecular weight is 180 g/mol. The Kier molecular flexibility index (Phi) is 4.40. The first-order chi connectivity index (χ1) is 4.75. The summed E-state index contributed by atoms with van der Waals surface area (Å²) >= 11 is 0. The van der Waals surface area contributed by atoms with Crippen molar-refractivity contribution in [2.75, 3.05) is 13.1 Å². The van der Waals surface area contributed by atoms with Crippen molar-refractivity contribution in [1.82, 2.24) is 10.7 Å². The molecule has 0 aliphatic carbocycles. The Hall–Kier alpha value is -0.320. The number of rotatable bonds is 1. The molecular weight excluding hydrogens is 166 g/mol. The van der Waals surface area contributed by atoms with Crippen LogP contribution in [-0.4, -0.2) is 19.0 Å². The van der Waals surface area contributed by atoms with E-state index in [1.165, 1.54) is 0 Å². The van der Waals surface area contributed by atoms with Gasteiger partial charge in [-0.25, -0.2) is 5.84 Å². The summed E-state index contributed by atoms with van der Waals surface area (Å²) in [6.45, 7) is 3.71. The molecule has 66 valence electrons. The average Bonchev–Trinajstić information content (AvgIpc) is 2.34. The molecule has 1 heterocycles. The fraction of sp³-hybridized carbons (Fsp3) is 0.833. The SMILES string of the molecule is C[C@@H]1CNC[C@H]1C(=O)NN.Cl. The Morgan fingerprint density at radius 1 is 1.64 bits per heavy atom. The van der Waals surface area contributed by atoms with Gasteiger partial charge in [0.2, 0.25) is 5.91 Å². The second-order valence-electron chi connectivity index (χ2n) is 2.75. The fourth-order valence-electron chi connectivity index (χ4n) is 1.27. The minimum atomic E-state index is -0.0579. The molecule has 5 heteroatoms. The zero-order valence-corrected chi connectivity index (χ0v) is 7.28. The number of hydrogen-bond donors (Lipinski definition) is 3. The van der Waals surface area contributed by atoms with E-state index < -0.39 is 0 Å². The number of hydrogen-bond acceptors (Lipinski definition) is 3. The lowest BCUT2D eigenvalue weighted by Gasteiger charge is -2.10. The topological polar surface area (TPSA) is 67.2 Å². The molecule has 4 nitrogen and oxygen atoms in total. The van der Waals surface area contributed by atoms with E-state index in [-0.39, 0.29) is 24.2 Å². The van der Waals surface area contributed by atoms with Gasteiger partial charge in [0.1, 0.15) is 0 Å². The van der Waals surface area contributed by atoms with Crippen molar-refractivity contribution in [2.45, 2.75) is 6.92 Å². The van der Waals surface area contributed by atoms with Gasteiger partial charge in [-0.1, -0.05) is 6.92 Å². The number of nitrogens with two attached hydrogens (primary N) is 1. The van der Waals surface area contributed by atoms with Gasteiger partial charge in [0.15, 0.2) is 0 Å². The Morgan fingerprint density at radius 2 is 2.27 bits per heavy atom. The lowest BCUT2D eigenvalue weighted by molar-refractivity contribution is -0.125. The lowest BCUT2D eigenvalue weighted by atomic mass is 9.98. The van der Waals surface area contributed by atoms with Crippen LogP contribution in [0.3, 0.4) is 0 Å². The molecule has 4 N–H and O–H groups in total. The van der Waals surface area contributed by atoms with Crippen molar-refractivity contribution < 1.29 is 4.79 Å². The molecule has 0 unspecified atom stereocenters. The third kappa shape index (κ3) is 2.32. The summed E-state index contributed by atoms with van der Waals surface area (Å²) in [5.41, 5.74) is 2.16. The lowest BCUT2D eigenvalue weighted by Crippen LogP contribution is -2.38. The zero-order valence-electron chi connectivity index (χ0n) is 6.46. The van der Waals surface area contributed by atoms with Crippen LogP contribution in [0.1, 0.15) is 6.92 Å². The summed E-state index contributed by atoms with van der Waals surface area (Å²) in [5.74, 6) is 5.40. The molecule has 0 aromatic rings. The van der Waals surface area contributed by atoms with Crippen molar-refractivity contribution in [3.63, 3.8) is 0 Å². The van der Waals surface area contributed by atoms with Gasteiger partial charge < -0.3 is 5.32 Å². The molecule has 1 saturated heterocycles. The third-order valence-electron chi connectivity index (χ3n) is 2.00. The fourth-order valence-corrected chi connectivity index (χ4v) is 1.27. The third-order valence-corrected chi connectivity index (χ3v) is 2.00. The van der Waals surface area contributed by atoms with Crippen LogP contribution in [0.5, 0.6) is 0 Å². The minimum Gasteiger partial charge on any atom is -0.316 e. The van der Waals surface area contributed by atoms with E-state index in [1.807, 2.05) is 6.92 Å². The zero-order chi connectivity index (χ0) is 7.56. The number of hydrazine groups is 1. The number of halogens is 1. The summed E-state index contributed by atoms with van der Waals surface area (Å²) in [4.78, 5) is 10.9. The molecular formula is C6H14ClN3O. The number of amides is 1.